The molecule has 3 N–H and O–H groups in total. The summed E-state index contributed by atoms with van der Waals surface area (Å²) < 4.78 is 5.87. The molecular formula is C18H26N2O2. The van der Waals surface area contributed by atoms with Gasteiger partial charge in [0.15, 0.2) is 6.10 Å². The molecule has 22 heavy (non-hydrogen) atoms. The molecule has 1 aliphatic carbocycles. The van der Waals surface area contributed by atoms with Crippen molar-refractivity contribution in [2.45, 2.75) is 58.1 Å². The first-order valence-corrected chi connectivity index (χ1v) is 8.35. The molecule has 1 amide bonds. The fourth-order valence-corrected chi connectivity index (χ4v) is 3.62. The van der Waals surface area contributed by atoms with Crippen LogP contribution in [0.1, 0.15) is 42.4 Å². The van der Waals surface area contributed by atoms with Crippen LogP contribution in [-0.4, -0.2) is 24.6 Å². The number of carbonyl (C=O) groups excluding carboxylic acids is 1. The summed E-state index contributed by atoms with van der Waals surface area (Å²) in [7, 11) is 0. The van der Waals surface area contributed by atoms with E-state index < -0.39 is 6.10 Å². The van der Waals surface area contributed by atoms with Gasteiger partial charge in [-0.05, 0) is 61.9 Å². The van der Waals surface area contributed by atoms with Crippen molar-refractivity contribution in [3.8, 4) is 5.75 Å². The molecule has 0 saturated heterocycles. The average Bonchev–Trinajstić information content (AvgIpc) is 2.91. The summed E-state index contributed by atoms with van der Waals surface area (Å²) in [4.78, 5) is 12.5. The number of ether oxygens (including phenoxy) is 1. The largest absolute Gasteiger partial charge is 0.480 e. The molecule has 4 heteroatoms. The van der Waals surface area contributed by atoms with Crippen LogP contribution in [0.25, 0.3) is 0 Å². The number of carbonyl (C=O) groups is 1. The SMILES string of the molecule is Cc1cc2c(cc1C)OC(C(=O)NC1CCCCC1CN)C2. The van der Waals surface area contributed by atoms with Crippen molar-refractivity contribution in [1.29, 1.82) is 0 Å². The number of nitrogens with two attached hydrogens (primary N) is 1. The highest BCUT2D eigenvalue weighted by atomic mass is 16.5. The van der Waals surface area contributed by atoms with Crippen molar-refractivity contribution in [1.82, 2.24) is 5.32 Å². The van der Waals surface area contributed by atoms with Crippen LogP contribution in [0.4, 0.5) is 0 Å². The zero-order valence-electron chi connectivity index (χ0n) is 13.5. The number of fused-ring (bicyclic) bond motifs is 1. The first-order chi connectivity index (χ1) is 10.6. The number of rotatable bonds is 3. The third-order valence-corrected chi connectivity index (χ3v) is 5.18. The van der Waals surface area contributed by atoms with Crippen LogP contribution in [0.2, 0.25) is 0 Å². The topological polar surface area (TPSA) is 64.3 Å². The minimum absolute atomic E-state index is 0.0110. The normalized spacial score (nSPS) is 27.1. The molecule has 120 valence electrons. The first kappa shape index (κ1) is 15.3. The molecule has 1 aromatic carbocycles. The highest BCUT2D eigenvalue weighted by Gasteiger charge is 2.33. The van der Waals surface area contributed by atoms with E-state index in [9.17, 15) is 4.79 Å². The highest BCUT2D eigenvalue weighted by molar-refractivity contribution is 5.83. The molecule has 1 fully saturated rings. The monoisotopic (exact) mass is 302 g/mol. The van der Waals surface area contributed by atoms with Gasteiger partial charge in [-0.2, -0.15) is 0 Å². The van der Waals surface area contributed by atoms with E-state index in [2.05, 4.69) is 25.2 Å². The maximum atomic E-state index is 12.5. The van der Waals surface area contributed by atoms with Gasteiger partial charge in [-0.1, -0.05) is 18.9 Å². The van der Waals surface area contributed by atoms with Crippen LogP contribution < -0.4 is 15.8 Å². The third-order valence-electron chi connectivity index (χ3n) is 5.18. The predicted octanol–water partition coefficient (Wildman–Crippen LogP) is 2.24. The third kappa shape index (κ3) is 2.98. The molecule has 0 bridgehead atoms. The maximum absolute atomic E-state index is 12.5. The lowest BCUT2D eigenvalue weighted by atomic mass is 9.84. The summed E-state index contributed by atoms with van der Waals surface area (Å²) >= 11 is 0. The summed E-state index contributed by atoms with van der Waals surface area (Å²) in [6.45, 7) is 4.81. The van der Waals surface area contributed by atoms with Crippen molar-refractivity contribution >= 4 is 5.91 Å². The van der Waals surface area contributed by atoms with Crippen LogP contribution in [0.15, 0.2) is 12.1 Å². The van der Waals surface area contributed by atoms with Crippen LogP contribution >= 0.6 is 0 Å². The molecule has 4 nitrogen and oxygen atoms in total. The van der Waals surface area contributed by atoms with E-state index in [0.29, 0.717) is 18.9 Å². The van der Waals surface area contributed by atoms with Crippen molar-refractivity contribution in [3.63, 3.8) is 0 Å². The molecule has 1 heterocycles. The summed E-state index contributed by atoms with van der Waals surface area (Å²) in [5.74, 6) is 1.28. The van der Waals surface area contributed by atoms with E-state index in [0.717, 1.165) is 24.2 Å². The van der Waals surface area contributed by atoms with Gasteiger partial charge in [-0.25, -0.2) is 0 Å². The molecule has 1 aliphatic heterocycles. The van der Waals surface area contributed by atoms with E-state index in [-0.39, 0.29) is 11.9 Å². The average molecular weight is 302 g/mol. The van der Waals surface area contributed by atoms with Crippen molar-refractivity contribution in [3.05, 3.63) is 28.8 Å². The van der Waals surface area contributed by atoms with Gasteiger partial charge in [0.25, 0.3) is 5.91 Å². The lowest BCUT2D eigenvalue weighted by Crippen LogP contribution is -2.49. The maximum Gasteiger partial charge on any atom is 0.261 e. The molecule has 3 rings (SSSR count). The molecule has 1 saturated carbocycles. The summed E-state index contributed by atoms with van der Waals surface area (Å²) in [6.07, 6.45) is 4.82. The zero-order chi connectivity index (χ0) is 15.7. The minimum atomic E-state index is -0.392. The number of hydrogen-bond donors (Lipinski definition) is 2. The van der Waals surface area contributed by atoms with Gasteiger partial charge in [0.1, 0.15) is 5.75 Å². The molecule has 0 aromatic heterocycles. The van der Waals surface area contributed by atoms with E-state index >= 15 is 0 Å². The Balaban J connectivity index is 1.65. The second-order valence-corrected chi connectivity index (χ2v) is 6.75. The summed E-state index contributed by atoms with van der Waals surface area (Å²) in [5, 5.41) is 3.18. The second-order valence-electron chi connectivity index (χ2n) is 6.75. The minimum Gasteiger partial charge on any atom is -0.480 e. The molecule has 3 unspecified atom stereocenters. The Hall–Kier alpha value is -1.55. The van der Waals surface area contributed by atoms with Gasteiger partial charge in [0.05, 0.1) is 0 Å². The molecule has 0 radical (unpaired) electrons. The van der Waals surface area contributed by atoms with Crippen molar-refractivity contribution in [2.75, 3.05) is 6.54 Å². The number of hydrogen-bond acceptors (Lipinski definition) is 3. The molecule has 0 spiro atoms. The Labute approximate surface area is 132 Å². The van der Waals surface area contributed by atoms with Crippen LogP contribution in [0.5, 0.6) is 5.75 Å². The Morgan fingerprint density at radius 1 is 1.27 bits per heavy atom. The lowest BCUT2D eigenvalue weighted by molar-refractivity contribution is -0.128. The number of benzene rings is 1. The smallest absolute Gasteiger partial charge is 0.261 e. The zero-order valence-corrected chi connectivity index (χ0v) is 13.5. The first-order valence-electron chi connectivity index (χ1n) is 8.35. The highest BCUT2D eigenvalue weighted by Crippen LogP contribution is 2.32. The van der Waals surface area contributed by atoms with Gasteiger partial charge in [0, 0.05) is 12.5 Å². The number of nitrogens with one attached hydrogen (secondary N) is 1. The Bertz CT molecular complexity index is 539. The molecular weight excluding hydrogens is 276 g/mol. The van der Waals surface area contributed by atoms with E-state index in [1.165, 1.54) is 24.0 Å². The summed E-state index contributed by atoms with van der Waals surface area (Å²) in [6, 6.07) is 4.39. The van der Waals surface area contributed by atoms with E-state index in [1.54, 1.807) is 0 Å². The standard InChI is InChI=1S/C18H26N2O2/c1-11-7-14-9-17(22-16(14)8-12(11)2)18(21)20-15-6-4-3-5-13(15)10-19/h7-8,13,15,17H,3-6,9-10,19H2,1-2H3,(H,20,21). The Morgan fingerprint density at radius 3 is 2.77 bits per heavy atom. The lowest BCUT2D eigenvalue weighted by Gasteiger charge is -2.31. The van der Waals surface area contributed by atoms with Gasteiger partial charge >= 0.3 is 0 Å². The van der Waals surface area contributed by atoms with Gasteiger partial charge < -0.3 is 15.8 Å². The van der Waals surface area contributed by atoms with Gasteiger partial charge in [-0.15, -0.1) is 0 Å². The quantitative estimate of drug-likeness (QED) is 0.900. The van der Waals surface area contributed by atoms with Crippen LogP contribution in [-0.2, 0) is 11.2 Å². The molecule has 2 aliphatic rings. The number of aryl methyl sites for hydroxylation is 2. The second kappa shape index (κ2) is 6.29. The van der Waals surface area contributed by atoms with Gasteiger partial charge in [-0.3, -0.25) is 4.79 Å². The van der Waals surface area contributed by atoms with E-state index in [1.807, 2.05) is 6.07 Å². The Kier molecular flexibility index (Phi) is 4.39. The molecule has 1 aromatic rings. The van der Waals surface area contributed by atoms with E-state index in [4.69, 9.17) is 10.5 Å². The fourth-order valence-electron chi connectivity index (χ4n) is 3.62. The number of amides is 1. The molecule has 3 atom stereocenters. The fraction of sp³-hybridized carbons (Fsp3) is 0.611. The summed E-state index contributed by atoms with van der Waals surface area (Å²) in [5.41, 5.74) is 9.44. The van der Waals surface area contributed by atoms with Gasteiger partial charge in [0.2, 0.25) is 0 Å². The van der Waals surface area contributed by atoms with Crippen LogP contribution in [0.3, 0.4) is 0 Å². The Morgan fingerprint density at radius 2 is 2.00 bits per heavy atom. The van der Waals surface area contributed by atoms with Crippen molar-refractivity contribution < 1.29 is 9.53 Å². The van der Waals surface area contributed by atoms with Crippen LogP contribution in [0, 0.1) is 19.8 Å². The van der Waals surface area contributed by atoms with Crippen molar-refractivity contribution in [2.24, 2.45) is 11.7 Å². The predicted molar refractivity (Wildman–Crippen MR) is 87.0 cm³/mol.